The number of rotatable bonds is 1. The Balaban J connectivity index is 1.83. The van der Waals surface area contributed by atoms with E-state index in [0.29, 0.717) is 11.3 Å². The van der Waals surface area contributed by atoms with Crippen LogP contribution >= 0.6 is 0 Å². The van der Waals surface area contributed by atoms with Crippen LogP contribution in [0.4, 0.5) is 5.69 Å². The second-order valence-corrected chi connectivity index (χ2v) is 6.08. The predicted octanol–water partition coefficient (Wildman–Crippen LogP) is 2.29. The van der Waals surface area contributed by atoms with Gasteiger partial charge >= 0.3 is 0 Å². The summed E-state index contributed by atoms with van der Waals surface area (Å²) in [6.45, 7) is 1.79. The van der Waals surface area contributed by atoms with Crippen LogP contribution in [0.2, 0.25) is 0 Å². The molecule has 5 heteroatoms. The number of carbonyl (C=O) groups is 1. The first-order valence-corrected chi connectivity index (χ1v) is 7.69. The molecule has 2 N–H and O–H groups in total. The largest absolute Gasteiger partial charge is 0.398 e. The van der Waals surface area contributed by atoms with Gasteiger partial charge < -0.3 is 10.6 Å². The second kappa shape index (κ2) is 5.21. The number of anilines is 1. The maximum Gasteiger partial charge on any atom is 0.264 e. The Bertz CT molecular complexity index is 913. The van der Waals surface area contributed by atoms with Crippen LogP contribution in [0.25, 0.3) is 10.9 Å². The van der Waals surface area contributed by atoms with Gasteiger partial charge in [0.05, 0.1) is 11.1 Å². The SMILES string of the molecule is CN1CCc2c(cncc2C(=O)n2ccc3c(N)cccc32)C1. The number of hydrogen-bond acceptors (Lipinski definition) is 4. The minimum absolute atomic E-state index is 0.0421. The van der Waals surface area contributed by atoms with E-state index in [2.05, 4.69) is 16.9 Å². The molecule has 5 nitrogen and oxygen atoms in total. The van der Waals surface area contributed by atoms with Crippen LogP contribution in [-0.4, -0.2) is 34.0 Å². The quantitative estimate of drug-likeness (QED) is 0.701. The monoisotopic (exact) mass is 306 g/mol. The Kier molecular flexibility index (Phi) is 3.16. The molecule has 116 valence electrons. The van der Waals surface area contributed by atoms with E-state index in [1.807, 2.05) is 30.5 Å². The average Bonchev–Trinajstić information content (AvgIpc) is 2.99. The molecule has 0 radical (unpaired) electrons. The van der Waals surface area contributed by atoms with Crippen molar-refractivity contribution in [2.24, 2.45) is 0 Å². The Hall–Kier alpha value is -2.66. The number of nitrogen functional groups attached to an aromatic ring is 1. The number of aromatic nitrogens is 2. The van der Waals surface area contributed by atoms with E-state index in [1.54, 1.807) is 17.0 Å². The lowest BCUT2D eigenvalue weighted by molar-refractivity contribution is 0.0963. The molecule has 1 aliphatic heterocycles. The Morgan fingerprint density at radius 2 is 2.13 bits per heavy atom. The summed E-state index contributed by atoms with van der Waals surface area (Å²) in [5, 5.41) is 0.901. The first-order valence-electron chi connectivity index (χ1n) is 7.69. The lowest BCUT2D eigenvalue weighted by atomic mass is 9.97. The fraction of sp³-hybridized carbons (Fsp3) is 0.222. The van der Waals surface area contributed by atoms with Crippen LogP contribution < -0.4 is 5.73 Å². The first kappa shape index (κ1) is 14.0. The molecule has 3 heterocycles. The summed E-state index contributed by atoms with van der Waals surface area (Å²) >= 11 is 0. The summed E-state index contributed by atoms with van der Waals surface area (Å²) in [5.74, 6) is -0.0421. The highest BCUT2D eigenvalue weighted by molar-refractivity contribution is 6.05. The Morgan fingerprint density at radius 3 is 3.00 bits per heavy atom. The van der Waals surface area contributed by atoms with E-state index in [4.69, 9.17) is 5.73 Å². The van der Waals surface area contributed by atoms with Gasteiger partial charge in [-0.3, -0.25) is 14.3 Å². The molecule has 3 aromatic rings. The van der Waals surface area contributed by atoms with Crippen molar-refractivity contribution in [2.75, 3.05) is 19.3 Å². The van der Waals surface area contributed by atoms with Gasteiger partial charge in [-0.25, -0.2) is 0 Å². The van der Waals surface area contributed by atoms with Crippen LogP contribution in [0.15, 0.2) is 42.9 Å². The minimum atomic E-state index is -0.0421. The molecule has 0 aliphatic carbocycles. The van der Waals surface area contributed by atoms with Crippen molar-refractivity contribution < 1.29 is 4.79 Å². The highest BCUT2D eigenvalue weighted by atomic mass is 16.2. The molecule has 0 fully saturated rings. The van der Waals surface area contributed by atoms with E-state index >= 15 is 0 Å². The van der Waals surface area contributed by atoms with Gasteiger partial charge in [-0.2, -0.15) is 0 Å². The molecular weight excluding hydrogens is 288 g/mol. The fourth-order valence-corrected chi connectivity index (χ4v) is 3.32. The maximum atomic E-state index is 13.1. The zero-order chi connectivity index (χ0) is 16.0. The lowest BCUT2D eigenvalue weighted by Crippen LogP contribution is -2.29. The maximum absolute atomic E-state index is 13.1. The third-order valence-corrected chi connectivity index (χ3v) is 4.55. The molecule has 0 spiro atoms. The summed E-state index contributed by atoms with van der Waals surface area (Å²) in [7, 11) is 2.08. The first-order chi connectivity index (χ1) is 11.1. The third kappa shape index (κ3) is 2.21. The number of nitrogens with two attached hydrogens (primary N) is 1. The van der Waals surface area contributed by atoms with Crippen LogP contribution in [0.3, 0.4) is 0 Å². The van der Waals surface area contributed by atoms with Gasteiger partial charge in [0.15, 0.2) is 0 Å². The van der Waals surface area contributed by atoms with Gasteiger partial charge in [-0.05, 0) is 42.8 Å². The number of pyridine rings is 1. The molecule has 23 heavy (non-hydrogen) atoms. The van der Waals surface area contributed by atoms with Gasteiger partial charge in [-0.1, -0.05) is 6.07 Å². The van der Waals surface area contributed by atoms with Gasteiger partial charge in [0.2, 0.25) is 0 Å². The van der Waals surface area contributed by atoms with Gasteiger partial charge in [0.25, 0.3) is 5.91 Å². The number of carbonyl (C=O) groups excluding carboxylic acids is 1. The van der Waals surface area contributed by atoms with Crippen LogP contribution in [0.5, 0.6) is 0 Å². The molecule has 0 saturated carbocycles. The van der Waals surface area contributed by atoms with Crippen LogP contribution in [0.1, 0.15) is 21.5 Å². The number of hydrogen-bond donors (Lipinski definition) is 1. The van der Waals surface area contributed by atoms with Crippen molar-refractivity contribution in [1.82, 2.24) is 14.5 Å². The zero-order valence-electron chi connectivity index (χ0n) is 13.0. The van der Waals surface area contributed by atoms with Crippen molar-refractivity contribution in [3.05, 3.63) is 59.5 Å². The number of benzene rings is 1. The zero-order valence-corrected chi connectivity index (χ0v) is 13.0. The van der Waals surface area contributed by atoms with E-state index in [-0.39, 0.29) is 5.91 Å². The molecule has 0 atom stereocenters. The van der Waals surface area contributed by atoms with E-state index in [0.717, 1.165) is 41.5 Å². The van der Waals surface area contributed by atoms with Crippen LogP contribution in [0, 0.1) is 0 Å². The third-order valence-electron chi connectivity index (χ3n) is 4.55. The molecule has 1 aromatic carbocycles. The molecular formula is C18H18N4O. The fourth-order valence-electron chi connectivity index (χ4n) is 3.32. The Morgan fingerprint density at radius 1 is 1.26 bits per heavy atom. The Labute approximate surface area is 134 Å². The number of nitrogens with zero attached hydrogens (tertiary/aromatic N) is 3. The van der Waals surface area contributed by atoms with Crippen molar-refractivity contribution in [3.8, 4) is 0 Å². The minimum Gasteiger partial charge on any atom is -0.398 e. The van der Waals surface area contributed by atoms with Gasteiger partial charge in [0.1, 0.15) is 0 Å². The average molecular weight is 306 g/mol. The van der Waals surface area contributed by atoms with Gasteiger partial charge in [0, 0.05) is 42.8 Å². The second-order valence-electron chi connectivity index (χ2n) is 6.08. The summed E-state index contributed by atoms with van der Waals surface area (Å²) in [4.78, 5) is 19.6. The van der Waals surface area contributed by atoms with E-state index in [1.165, 1.54) is 0 Å². The van der Waals surface area contributed by atoms with E-state index < -0.39 is 0 Å². The van der Waals surface area contributed by atoms with Crippen molar-refractivity contribution >= 4 is 22.5 Å². The topological polar surface area (TPSA) is 64.2 Å². The van der Waals surface area contributed by atoms with E-state index in [9.17, 15) is 4.79 Å². The summed E-state index contributed by atoms with van der Waals surface area (Å²) < 4.78 is 1.67. The molecule has 0 bridgehead atoms. The van der Waals surface area contributed by atoms with Crippen LogP contribution in [-0.2, 0) is 13.0 Å². The molecule has 0 unspecified atom stereocenters. The highest BCUT2D eigenvalue weighted by Crippen LogP contribution is 2.25. The summed E-state index contributed by atoms with van der Waals surface area (Å²) in [5.41, 5.74) is 10.5. The van der Waals surface area contributed by atoms with Crippen molar-refractivity contribution in [1.29, 1.82) is 0 Å². The molecule has 4 rings (SSSR count). The summed E-state index contributed by atoms with van der Waals surface area (Å²) in [6, 6.07) is 7.52. The smallest absolute Gasteiger partial charge is 0.264 e. The van der Waals surface area contributed by atoms with Crippen molar-refractivity contribution in [2.45, 2.75) is 13.0 Å². The van der Waals surface area contributed by atoms with Crippen molar-refractivity contribution in [3.63, 3.8) is 0 Å². The highest BCUT2D eigenvalue weighted by Gasteiger charge is 2.22. The molecule has 2 aromatic heterocycles. The van der Waals surface area contributed by atoms with Gasteiger partial charge in [-0.15, -0.1) is 0 Å². The molecule has 0 saturated heterocycles. The standard InChI is InChI=1S/C18H18N4O/c1-21-7-5-13-12(11-21)9-20-10-15(13)18(23)22-8-6-14-16(19)3-2-4-17(14)22/h2-4,6,8-10H,5,7,11,19H2,1H3. The predicted molar refractivity (Wildman–Crippen MR) is 90.4 cm³/mol. The number of likely N-dealkylation sites (N-methyl/N-ethyl adjacent to an activating group) is 1. The number of fused-ring (bicyclic) bond motifs is 2. The molecule has 1 aliphatic rings. The normalized spacial score (nSPS) is 14.8. The molecule has 0 amide bonds. The lowest BCUT2D eigenvalue weighted by Gasteiger charge is -2.26. The summed E-state index contributed by atoms with van der Waals surface area (Å²) in [6.07, 6.45) is 6.21.